The van der Waals surface area contributed by atoms with Crippen LogP contribution in [0.3, 0.4) is 0 Å². The maximum Gasteiger partial charge on any atom is 0.159 e. The highest BCUT2D eigenvalue weighted by atomic mass is 19.2. The minimum atomic E-state index is -0.960. The second-order valence-electron chi connectivity index (χ2n) is 5.15. The second kappa shape index (κ2) is 6.07. The normalized spacial score (nSPS) is 25.4. The molecule has 3 unspecified atom stereocenters. The van der Waals surface area contributed by atoms with E-state index in [1.807, 2.05) is 0 Å². The number of aromatic nitrogens is 3. The van der Waals surface area contributed by atoms with Crippen LogP contribution in [0.4, 0.5) is 8.78 Å². The third kappa shape index (κ3) is 2.72. The maximum atomic E-state index is 13.3. The third-order valence-electron chi connectivity index (χ3n) is 3.77. The van der Waals surface area contributed by atoms with E-state index in [0.29, 0.717) is 24.3 Å². The predicted molar refractivity (Wildman–Crippen MR) is 71.9 cm³/mol. The lowest BCUT2D eigenvalue weighted by molar-refractivity contribution is -0.120. The maximum absolute atomic E-state index is 13.3. The number of ether oxygens (including phenoxy) is 1. The van der Waals surface area contributed by atoms with Gasteiger partial charge in [0.25, 0.3) is 0 Å². The van der Waals surface area contributed by atoms with Gasteiger partial charge in [-0.3, -0.25) is 0 Å². The van der Waals surface area contributed by atoms with E-state index in [-0.39, 0.29) is 6.61 Å². The topological polar surface area (TPSA) is 80.4 Å². The Morgan fingerprint density at radius 1 is 1.32 bits per heavy atom. The van der Waals surface area contributed by atoms with Crippen LogP contribution in [-0.4, -0.2) is 50.6 Å². The second-order valence-corrected chi connectivity index (χ2v) is 5.15. The Kier molecular flexibility index (Phi) is 4.14. The highest BCUT2D eigenvalue weighted by molar-refractivity contribution is 5.57. The van der Waals surface area contributed by atoms with Gasteiger partial charge in [0.05, 0.1) is 18.8 Å². The van der Waals surface area contributed by atoms with Crippen molar-refractivity contribution >= 4 is 0 Å². The highest BCUT2D eigenvalue weighted by Crippen LogP contribution is 2.27. The minimum Gasteiger partial charge on any atom is -0.394 e. The van der Waals surface area contributed by atoms with Crippen molar-refractivity contribution in [2.45, 2.75) is 24.7 Å². The summed E-state index contributed by atoms with van der Waals surface area (Å²) in [5.74, 6) is -1.89. The Hall–Kier alpha value is -1.90. The molecule has 0 radical (unpaired) electrons. The number of hydrogen-bond donors (Lipinski definition) is 2. The molecule has 1 aromatic carbocycles. The quantitative estimate of drug-likeness (QED) is 0.880. The molecule has 0 spiro atoms. The number of halogens is 2. The highest BCUT2D eigenvalue weighted by Gasteiger charge is 2.34. The molecule has 1 aliphatic heterocycles. The predicted octanol–water partition coefficient (Wildman–Crippen LogP) is 0.906. The molecule has 0 aliphatic carbocycles. The van der Waals surface area contributed by atoms with Crippen LogP contribution < -0.4 is 0 Å². The molecule has 6 nitrogen and oxygen atoms in total. The van der Waals surface area contributed by atoms with E-state index in [1.165, 1.54) is 10.7 Å². The number of benzene rings is 1. The summed E-state index contributed by atoms with van der Waals surface area (Å²) in [4.78, 5) is 0. The smallest absolute Gasteiger partial charge is 0.159 e. The van der Waals surface area contributed by atoms with Crippen LogP contribution in [0.5, 0.6) is 0 Å². The van der Waals surface area contributed by atoms with E-state index >= 15 is 0 Å². The van der Waals surface area contributed by atoms with Gasteiger partial charge in [-0.25, -0.2) is 13.5 Å². The molecule has 0 amide bonds. The molecule has 8 heteroatoms. The molecule has 22 heavy (non-hydrogen) atoms. The molecule has 3 rings (SSSR count). The van der Waals surface area contributed by atoms with E-state index in [2.05, 4.69) is 10.3 Å². The average Bonchev–Trinajstić information content (AvgIpc) is 3.00. The summed E-state index contributed by atoms with van der Waals surface area (Å²) in [5.41, 5.74) is 0.767. The molecule has 1 aromatic heterocycles. The lowest BCUT2D eigenvalue weighted by Gasteiger charge is -2.33. The van der Waals surface area contributed by atoms with E-state index in [1.54, 1.807) is 6.20 Å². The molecule has 1 fully saturated rings. The summed E-state index contributed by atoms with van der Waals surface area (Å²) < 4.78 is 33.0. The average molecular weight is 311 g/mol. The van der Waals surface area contributed by atoms with Gasteiger partial charge in [0, 0.05) is 12.2 Å². The van der Waals surface area contributed by atoms with Crippen molar-refractivity contribution in [3.63, 3.8) is 0 Å². The van der Waals surface area contributed by atoms with Gasteiger partial charge < -0.3 is 14.9 Å². The van der Waals surface area contributed by atoms with Crippen LogP contribution in [0.1, 0.15) is 12.5 Å². The van der Waals surface area contributed by atoms with Crippen molar-refractivity contribution < 1.29 is 23.7 Å². The van der Waals surface area contributed by atoms with Gasteiger partial charge in [-0.1, -0.05) is 5.21 Å². The molecule has 2 N–H and O–H groups in total. The van der Waals surface area contributed by atoms with E-state index in [0.717, 1.165) is 12.1 Å². The molecule has 2 aromatic rings. The largest absolute Gasteiger partial charge is 0.394 e. The molecule has 0 saturated carbocycles. The van der Waals surface area contributed by atoms with Crippen molar-refractivity contribution in [1.29, 1.82) is 0 Å². The lowest BCUT2D eigenvalue weighted by atomic mass is 10.0. The van der Waals surface area contributed by atoms with Crippen molar-refractivity contribution in [3.8, 4) is 11.3 Å². The van der Waals surface area contributed by atoms with E-state index in [9.17, 15) is 13.9 Å². The SMILES string of the molecule is OCC1OCCC(n2cc(-c3ccc(F)c(F)c3)nn2)C1O. The zero-order valence-electron chi connectivity index (χ0n) is 11.6. The first-order valence-electron chi connectivity index (χ1n) is 6.88. The summed E-state index contributed by atoms with van der Waals surface area (Å²) in [6.07, 6.45) is 0.478. The van der Waals surface area contributed by atoms with Gasteiger partial charge in [-0.2, -0.15) is 0 Å². The first-order valence-corrected chi connectivity index (χ1v) is 6.88. The molecular formula is C14H15F2N3O3. The third-order valence-corrected chi connectivity index (χ3v) is 3.77. The Labute approximate surface area is 125 Å². The summed E-state index contributed by atoms with van der Waals surface area (Å²) in [6, 6.07) is 3.08. The Balaban J connectivity index is 1.85. The first-order chi connectivity index (χ1) is 10.6. The molecule has 1 aliphatic rings. The van der Waals surface area contributed by atoms with Crippen LogP contribution in [0.25, 0.3) is 11.3 Å². The molecule has 1 saturated heterocycles. The Bertz CT molecular complexity index is 665. The number of hydrogen-bond acceptors (Lipinski definition) is 5. The fraction of sp³-hybridized carbons (Fsp3) is 0.429. The summed E-state index contributed by atoms with van der Waals surface area (Å²) >= 11 is 0. The van der Waals surface area contributed by atoms with Gasteiger partial charge in [0.1, 0.15) is 17.9 Å². The zero-order valence-corrected chi connectivity index (χ0v) is 11.6. The van der Waals surface area contributed by atoms with Crippen molar-refractivity contribution in [1.82, 2.24) is 15.0 Å². The fourth-order valence-corrected chi connectivity index (χ4v) is 2.53. The van der Waals surface area contributed by atoms with Crippen LogP contribution in [0.15, 0.2) is 24.4 Å². The number of nitrogens with zero attached hydrogens (tertiary/aromatic N) is 3. The fourth-order valence-electron chi connectivity index (χ4n) is 2.53. The van der Waals surface area contributed by atoms with Gasteiger partial charge in [-0.15, -0.1) is 5.10 Å². The minimum absolute atomic E-state index is 0.289. The molecule has 118 valence electrons. The van der Waals surface area contributed by atoms with Crippen LogP contribution >= 0.6 is 0 Å². The Morgan fingerprint density at radius 2 is 2.14 bits per heavy atom. The summed E-state index contributed by atoms with van der Waals surface area (Å²) in [5, 5.41) is 27.2. The number of aliphatic hydroxyl groups excluding tert-OH is 2. The summed E-state index contributed by atoms with van der Waals surface area (Å²) in [7, 11) is 0. The Morgan fingerprint density at radius 3 is 2.86 bits per heavy atom. The standard InChI is InChI=1S/C14H15F2N3O3/c15-9-2-1-8(5-10(9)16)11-6-19(18-17-11)12-3-4-22-13(7-20)14(12)21/h1-2,5-6,12-14,20-21H,3-4,7H2. The van der Waals surface area contributed by atoms with Gasteiger partial charge in [-0.05, 0) is 24.6 Å². The summed E-state index contributed by atoms with van der Waals surface area (Å²) in [6.45, 7) is 0.0930. The molecule has 2 heterocycles. The van der Waals surface area contributed by atoms with E-state index < -0.39 is 29.9 Å². The molecule has 0 bridgehead atoms. The van der Waals surface area contributed by atoms with Crippen molar-refractivity contribution in [2.24, 2.45) is 0 Å². The van der Waals surface area contributed by atoms with Crippen molar-refractivity contribution in [2.75, 3.05) is 13.2 Å². The molecule has 3 atom stereocenters. The first kappa shape index (κ1) is 15.0. The van der Waals surface area contributed by atoms with Crippen LogP contribution in [-0.2, 0) is 4.74 Å². The monoisotopic (exact) mass is 311 g/mol. The van der Waals surface area contributed by atoms with E-state index in [4.69, 9.17) is 9.84 Å². The van der Waals surface area contributed by atoms with Crippen LogP contribution in [0.2, 0.25) is 0 Å². The number of aliphatic hydroxyl groups is 2. The van der Waals surface area contributed by atoms with Gasteiger partial charge >= 0.3 is 0 Å². The van der Waals surface area contributed by atoms with Crippen molar-refractivity contribution in [3.05, 3.63) is 36.0 Å². The zero-order chi connectivity index (χ0) is 15.7. The van der Waals surface area contributed by atoms with Gasteiger partial charge in [0.15, 0.2) is 11.6 Å². The van der Waals surface area contributed by atoms with Gasteiger partial charge in [0.2, 0.25) is 0 Å². The molecular weight excluding hydrogens is 296 g/mol. The lowest BCUT2D eigenvalue weighted by Crippen LogP contribution is -2.44. The van der Waals surface area contributed by atoms with Crippen LogP contribution in [0, 0.1) is 11.6 Å². The number of rotatable bonds is 3.